The first-order chi connectivity index (χ1) is 11.8. The summed E-state index contributed by atoms with van der Waals surface area (Å²) in [5, 5.41) is 0. The third-order valence-electron chi connectivity index (χ3n) is 4.28. The number of rotatable bonds is 4. The molecule has 2 rings (SSSR count). The third kappa shape index (κ3) is 6.03. The summed E-state index contributed by atoms with van der Waals surface area (Å²) in [5.74, 6) is -0.0500. The minimum atomic E-state index is -0.518. The first-order valence-electron chi connectivity index (χ1n) is 8.88. The molecule has 6 heteroatoms. The minimum Gasteiger partial charge on any atom is -0.444 e. The van der Waals surface area contributed by atoms with Crippen LogP contribution in [0.4, 0.5) is 4.79 Å². The number of carbonyl (C=O) groups excluding carboxylic acids is 2. The van der Waals surface area contributed by atoms with Gasteiger partial charge >= 0.3 is 6.09 Å². The Balaban J connectivity index is 1.86. The van der Waals surface area contributed by atoms with E-state index in [9.17, 15) is 9.59 Å². The Morgan fingerprint density at radius 1 is 1.32 bits per heavy atom. The fourth-order valence-corrected chi connectivity index (χ4v) is 2.94. The normalized spacial score (nSPS) is 17.9. The van der Waals surface area contributed by atoms with Gasteiger partial charge in [0.1, 0.15) is 5.60 Å². The van der Waals surface area contributed by atoms with Gasteiger partial charge < -0.3 is 14.5 Å². The molecule has 0 bridgehead atoms. The van der Waals surface area contributed by atoms with E-state index in [0.717, 1.165) is 24.8 Å². The van der Waals surface area contributed by atoms with Crippen molar-refractivity contribution in [2.24, 2.45) is 5.92 Å². The van der Waals surface area contributed by atoms with Crippen molar-refractivity contribution in [2.75, 3.05) is 26.7 Å². The maximum atomic E-state index is 12.7. The first-order valence-corrected chi connectivity index (χ1v) is 8.88. The number of hydrogen-bond donors (Lipinski definition) is 0. The van der Waals surface area contributed by atoms with E-state index in [1.165, 1.54) is 0 Å². The van der Waals surface area contributed by atoms with Crippen LogP contribution in [0.1, 0.15) is 39.2 Å². The monoisotopic (exact) mass is 347 g/mol. The van der Waals surface area contributed by atoms with Crippen LogP contribution in [0.5, 0.6) is 0 Å². The Morgan fingerprint density at radius 2 is 2.00 bits per heavy atom. The Labute approximate surface area is 150 Å². The number of pyridine rings is 1. The Morgan fingerprint density at radius 3 is 2.64 bits per heavy atom. The van der Waals surface area contributed by atoms with Gasteiger partial charge in [-0.05, 0) is 57.7 Å². The van der Waals surface area contributed by atoms with Crippen molar-refractivity contribution < 1.29 is 14.3 Å². The van der Waals surface area contributed by atoms with Gasteiger partial charge in [0.25, 0.3) is 0 Å². The predicted molar refractivity (Wildman–Crippen MR) is 96.1 cm³/mol. The Hall–Kier alpha value is -2.11. The number of likely N-dealkylation sites (tertiary alicyclic amines) is 1. The predicted octanol–water partition coefficient (Wildman–Crippen LogP) is 2.73. The molecule has 0 spiro atoms. The Bertz CT molecular complexity index is 583. The molecule has 25 heavy (non-hydrogen) atoms. The summed E-state index contributed by atoms with van der Waals surface area (Å²) in [5.41, 5.74) is 0.642. The first kappa shape index (κ1) is 19.2. The maximum Gasteiger partial charge on any atom is 0.410 e. The third-order valence-corrected chi connectivity index (χ3v) is 4.28. The number of ether oxygens (including phenoxy) is 1. The van der Waals surface area contributed by atoms with E-state index in [1.54, 1.807) is 22.2 Å². The van der Waals surface area contributed by atoms with Crippen molar-refractivity contribution >= 4 is 12.0 Å². The van der Waals surface area contributed by atoms with Crippen LogP contribution in [0, 0.1) is 5.92 Å². The summed E-state index contributed by atoms with van der Waals surface area (Å²) in [6, 6.07) is 3.92. The summed E-state index contributed by atoms with van der Waals surface area (Å²) < 4.78 is 5.43. The van der Waals surface area contributed by atoms with Crippen LogP contribution in [-0.4, -0.2) is 59.1 Å². The molecule has 6 nitrogen and oxygen atoms in total. The second-order valence-corrected chi connectivity index (χ2v) is 7.63. The van der Waals surface area contributed by atoms with E-state index >= 15 is 0 Å². The molecule has 1 aromatic heterocycles. The zero-order chi connectivity index (χ0) is 18.4. The lowest BCUT2D eigenvalue weighted by molar-refractivity contribution is -0.135. The summed E-state index contributed by atoms with van der Waals surface area (Å²) in [7, 11) is 1.83. The van der Waals surface area contributed by atoms with E-state index in [1.807, 2.05) is 40.0 Å². The van der Waals surface area contributed by atoms with Crippen LogP contribution < -0.4 is 0 Å². The zero-order valence-electron chi connectivity index (χ0n) is 15.7. The number of amides is 2. The van der Waals surface area contributed by atoms with Gasteiger partial charge in [0, 0.05) is 39.1 Å². The van der Waals surface area contributed by atoms with E-state index in [0.29, 0.717) is 19.6 Å². The lowest BCUT2D eigenvalue weighted by atomic mass is 9.96. The summed E-state index contributed by atoms with van der Waals surface area (Å²) >= 11 is 0. The zero-order valence-corrected chi connectivity index (χ0v) is 15.7. The molecule has 2 heterocycles. The van der Waals surface area contributed by atoms with E-state index in [-0.39, 0.29) is 17.9 Å². The van der Waals surface area contributed by atoms with Crippen LogP contribution in [0.3, 0.4) is 0 Å². The highest BCUT2D eigenvalue weighted by atomic mass is 16.6. The molecule has 1 saturated heterocycles. The van der Waals surface area contributed by atoms with Gasteiger partial charge in [-0.2, -0.15) is 0 Å². The molecule has 1 atom stereocenters. The lowest BCUT2D eigenvalue weighted by Crippen LogP contribution is -2.47. The van der Waals surface area contributed by atoms with Gasteiger partial charge in [-0.3, -0.25) is 9.78 Å². The topological polar surface area (TPSA) is 62.7 Å². The van der Waals surface area contributed by atoms with Gasteiger partial charge in [-0.25, -0.2) is 4.79 Å². The highest BCUT2D eigenvalue weighted by molar-refractivity contribution is 5.80. The van der Waals surface area contributed by atoms with Crippen LogP contribution in [0.25, 0.3) is 0 Å². The molecule has 1 unspecified atom stereocenters. The number of aromatic nitrogens is 1. The number of nitrogens with zero attached hydrogens (tertiary/aromatic N) is 3. The fraction of sp³-hybridized carbons (Fsp3) is 0.632. The summed E-state index contributed by atoms with van der Waals surface area (Å²) in [4.78, 5) is 32.4. The second-order valence-electron chi connectivity index (χ2n) is 7.63. The average molecular weight is 347 g/mol. The van der Waals surface area contributed by atoms with Crippen LogP contribution in [0.15, 0.2) is 24.5 Å². The van der Waals surface area contributed by atoms with Crippen molar-refractivity contribution in [3.63, 3.8) is 0 Å². The van der Waals surface area contributed by atoms with Gasteiger partial charge in [-0.1, -0.05) is 0 Å². The summed E-state index contributed by atoms with van der Waals surface area (Å²) in [6.07, 6.45) is 5.64. The molecule has 1 aliphatic heterocycles. The Kier molecular flexibility index (Phi) is 6.39. The molecule has 1 fully saturated rings. The molecule has 0 aromatic carbocycles. The van der Waals surface area contributed by atoms with Crippen LogP contribution in [-0.2, 0) is 16.0 Å². The smallest absolute Gasteiger partial charge is 0.410 e. The van der Waals surface area contributed by atoms with Crippen molar-refractivity contribution in [3.8, 4) is 0 Å². The average Bonchev–Trinajstić information content (AvgIpc) is 2.58. The van der Waals surface area contributed by atoms with Gasteiger partial charge in [-0.15, -0.1) is 0 Å². The molecule has 2 amide bonds. The van der Waals surface area contributed by atoms with Crippen molar-refractivity contribution in [2.45, 2.75) is 45.6 Å². The standard InChI is InChI=1S/C19H29N3O3/c1-19(2,3)25-18(24)22-12-5-6-16(14-22)17(23)21(4)13-9-15-7-10-20-11-8-15/h7-8,10-11,16H,5-6,9,12-14H2,1-4H3. The van der Waals surface area contributed by atoms with Gasteiger partial charge in [0.2, 0.25) is 5.91 Å². The maximum absolute atomic E-state index is 12.7. The molecule has 0 radical (unpaired) electrons. The van der Waals surface area contributed by atoms with Crippen LogP contribution >= 0.6 is 0 Å². The molecule has 138 valence electrons. The van der Waals surface area contributed by atoms with Gasteiger partial charge in [0.05, 0.1) is 5.92 Å². The molecule has 0 saturated carbocycles. The van der Waals surface area contributed by atoms with Gasteiger partial charge in [0.15, 0.2) is 0 Å². The molecular formula is C19H29N3O3. The second kappa shape index (κ2) is 8.32. The quantitative estimate of drug-likeness (QED) is 0.840. The SMILES string of the molecule is CN(CCc1ccncc1)C(=O)C1CCCN(C(=O)OC(C)(C)C)C1. The molecule has 0 N–H and O–H groups in total. The molecule has 0 aliphatic carbocycles. The van der Waals surface area contributed by atoms with Crippen LogP contribution in [0.2, 0.25) is 0 Å². The summed E-state index contributed by atoms with van der Waals surface area (Å²) in [6.45, 7) is 7.30. The molecule has 1 aliphatic rings. The van der Waals surface area contributed by atoms with Crippen molar-refractivity contribution in [1.82, 2.24) is 14.8 Å². The largest absolute Gasteiger partial charge is 0.444 e. The van der Waals surface area contributed by atoms with E-state index in [4.69, 9.17) is 4.74 Å². The lowest BCUT2D eigenvalue weighted by Gasteiger charge is -2.35. The fourth-order valence-electron chi connectivity index (χ4n) is 2.94. The van der Waals surface area contributed by atoms with Crippen molar-refractivity contribution in [3.05, 3.63) is 30.1 Å². The minimum absolute atomic E-state index is 0.0994. The van der Waals surface area contributed by atoms with Crippen molar-refractivity contribution in [1.29, 1.82) is 0 Å². The number of carbonyl (C=O) groups is 2. The highest BCUT2D eigenvalue weighted by Crippen LogP contribution is 2.21. The van der Waals surface area contributed by atoms with E-state index in [2.05, 4.69) is 4.98 Å². The van der Waals surface area contributed by atoms with E-state index < -0.39 is 5.60 Å². The number of likely N-dealkylation sites (N-methyl/N-ethyl adjacent to an activating group) is 1. The number of piperidine rings is 1. The number of hydrogen-bond acceptors (Lipinski definition) is 4. The highest BCUT2D eigenvalue weighted by Gasteiger charge is 2.32. The molecule has 1 aromatic rings. The molecular weight excluding hydrogens is 318 g/mol.